The van der Waals surface area contributed by atoms with Crippen LogP contribution in [0.4, 0.5) is 0 Å². The van der Waals surface area contributed by atoms with Crippen LogP contribution in [-0.4, -0.2) is 117 Å². The Bertz CT molecular complexity index is 1500. The number of rotatable bonds is 16. The fourth-order valence-electron chi connectivity index (χ4n) is 6.44. The van der Waals surface area contributed by atoms with Crippen molar-refractivity contribution in [3.05, 3.63) is 106 Å². The summed E-state index contributed by atoms with van der Waals surface area (Å²) in [7, 11) is 0. The van der Waals surface area contributed by atoms with Gasteiger partial charge >= 0.3 is 0 Å². The first-order chi connectivity index (χ1) is 24.7. The molecular weight excluding hydrogens is 650 g/mol. The molecule has 6 N–H and O–H groups in total. The summed E-state index contributed by atoms with van der Waals surface area (Å²) in [6.07, 6.45) is 4.71. The lowest BCUT2D eigenvalue weighted by Crippen LogP contribution is -2.33. The Morgan fingerprint density at radius 1 is 0.608 bits per heavy atom. The van der Waals surface area contributed by atoms with Crippen LogP contribution in [0, 0.1) is 13.8 Å². The Hall–Kier alpha value is -3.52. The van der Waals surface area contributed by atoms with E-state index >= 15 is 0 Å². The van der Waals surface area contributed by atoms with Crippen LogP contribution >= 0.6 is 0 Å². The minimum atomic E-state index is -0.709. The van der Waals surface area contributed by atoms with Crippen molar-refractivity contribution >= 4 is 0 Å². The number of aliphatic hydroxyl groups is 4. The quantitative estimate of drug-likeness (QED) is 0.130. The lowest BCUT2D eigenvalue weighted by molar-refractivity contribution is -0.0290. The number of ether oxygens (including phenoxy) is 2. The molecule has 1 aliphatic rings. The zero-order valence-corrected chi connectivity index (χ0v) is 30.2. The molecule has 0 atom stereocenters. The molecule has 51 heavy (non-hydrogen) atoms. The maximum Gasteiger partial charge on any atom is 0.126 e. The van der Waals surface area contributed by atoms with E-state index in [9.17, 15) is 30.6 Å². The summed E-state index contributed by atoms with van der Waals surface area (Å²) in [5.74, 6) is 0.317. The van der Waals surface area contributed by atoms with Crippen molar-refractivity contribution in [1.82, 2.24) is 14.7 Å². The smallest absolute Gasteiger partial charge is 0.126 e. The first kappa shape index (κ1) is 40.3. The number of hydrogen-bond acceptors (Lipinski definition) is 11. The van der Waals surface area contributed by atoms with Crippen LogP contribution < -0.4 is 0 Å². The van der Waals surface area contributed by atoms with Crippen LogP contribution in [0.3, 0.4) is 0 Å². The van der Waals surface area contributed by atoms with Gasteiger partial charge in [-0.15, -0.1) is 0 Å². The first-order valence-corrected chi connectivity index (χ1v) is 17.9. The predicted octanol–water partition coefficient (Wildman–Crippen LogP) is 3.57. The van der Waals surface area contributed by atoms with Crippen molar-refractivity contribution in [3.63, 3.8) is 0 Å². The maximum atomic E-state index is 11.3. The van der Waals surface area contributed by atoms with Crippen molar-refractivity contribution in [2.24, 2.45) is 0 Å². The molecule has 3 aromatic carbocycles. The van der Waals surface area contributed by atoms with Gasteiger partial charge < -0.3 is 45.0 Å². The van der Waals surface area contributed by atoms with E-state index < -0.39 is 12.2 Å². The van der Waals surface area contributed by atoms with Gasteiger partial charge in [-0.05, 0) is 45.0 Å². The molecule has 280 valence electrons. The highest BCUT2D eigenvalue weighted by Crippen LogP contribution is 2.29. The van der Waals surface area contributed by atoms with Crippen molar-refractivity contribution in [2.75, 3.05) is 59.2 Å². The van der Waals surface area contributed by atoms with Crippen molar-refractivity contribution in [1.29, 1.82) is 0 Å². The molecular formula is C40H57N3O8. The van der Waals surface area contributed by atoms with Gasteiger partial charge in [0, 0.05) is 68.1 Å². The molecule has 11 heteroatoms. The zero-order valence-electron chi connectivity index (χ0n) is 30.2. The molecule has 0 bridgehead atoms. The fourth-order valence-corrected chi connectivity index (χ4v) is 6.44. The Balaban J connectivity index is 1.55. The number of aromatic hydroxyl groups is 2. The fraction of sp³-hybridized carbons (Fsp3) is 0.500. The number of aliphatic hydroxyl groups excluding tert-OH is 4. The topological polar surface area (TPSA) is 150 Å². The lowest BCUT2D eigenvalue weighted by Gasteiger charge is -2.29. The summed E-state index contributed by atoms with van der Waals surface area (Å²) < 4.78 is 11.3. The van der Waals surface area contributed by atoms with E-state index in [1.54, 1.807) is 0 Å². The van der Waals surface area contributed by atoms with Gasteiger partial charge in [-0.2, -0.15) is 0 Å². The lowest BCUT2D eigenvalue weighted by atomic mass is 10.0. The third-order valence-corrected chi connectivity index (χ3v) is 9.15. The van der Waals surface area contributed by atoms with E-state index in [2.05, 4.69) is 51.2 Å². The van der Waals surface area contributed by atoms with Crippen molar-refractivity contribution < 1.29 is 40.1 Å². The van der Waals surface area contributed by atoms with Crippen LogP contribution in [0.25, 0.3) is 0 Å². The summed E-state index contributed by atoms with van der Waals surface area (Å²) >= 11 is 0. The molecule has 0 saturated carbocycles. The first-order valence-electron chi connectivity index (χ1n) is 17.9. The average molecular weight is 708 g/mol. The Labute approximate surface area is 302 Å². The van der Waals surface area contributed by atoms with Crippen LogP contribution in [0.5, 0.6) is 11.5 Å². The SMILES string of the molecule is Cc1cc(COC(CO)CO)c(O)c(CN2/C=C\CN(Cc3cc(C)cc(COC(CO)CO)c3O)CCCN(Cc3ccccc3)CCC2)c1. The van der Waals surface area contributed by atoms with E-state index in [-0.39, 0.29) is 51.1 Å². The number of phenols is 2. The maximum absolute atomic E-state index is 11.3. The monoisotopic (exact) mass is 707 g/mol. The van der Waals surface area contributed by atoms with Gasteiger partial charge in [0.05, 0.1) is 39.6 Å². The second-order valence-corrected chi connectivity index (χ2v) is 13.5. The molecule has 0 amide bonds. The average Bonchev–Trinajstić information content (AvgIpc) is 3.12. The molecule has 0 aliphatic carbocycles. The number of aryl methyl sites for hydroxylation is 2. The van der Waals surface area contributed by atoms with Gasteiger partial charge in [0.2, 0.25) is 0 Å². The summed E-state index contributed by atoms with van der Waals surface area (Å²) in [5.41, 5.74) is 6.04. The standard InChI is InChI=1S/C40H57N3O8/c1-30-17-33(39(48)35(19-30)28-50-37(24-44)25-45)22-42-13-6-11-41(21-32-9-4-3-5-10-32)12-7-14-43(16-8-15-42)23-34-18-31(2)20-36(40(34)49)29-51-38(26-46)27-47/h3-5,8-10,15,17-20,37-38,44-49H,6-7,11-14,16,21-29H2,1-2H3/b15-8-. The van der Waals surface area contributed by atoms with Gasteiger partial charge in [-0.3, -0.25) is 9.80 Å². The highest BCUT2D eigenvalue weighted by Gasteiger charge is 2.18. The molecule has 0 spiro atoms. The van der Waals surface area contributed by atoms with Crippen LogP contribution in [-0.2, 0) is 42.3 Å². The minimum absolute atomic E-state index is 0.0780. The summed E-state index contributed by atoms with van der Waals surface area (Å²) in [6, 6.07) is 18.2. The Kier molecular flexibility index (Phi) is 16.7. The van der Waals surface area contributed by atoms with Crippen LogP contribution in [0.2, 0.25) is 0 Å². The van der Waals surface area contributed by atoms with E-state index in [0.717, 1.165) is 67.8 Å². The summed E-state index contributed by atoms with van der Waals surface area (Å²) in [6.45, 7) is 8.84. The van der Waals surface area contributed by atoms with E-state index in [1.807, 2.05) is 44.2 Å². The molecule has 0 unspecified atom stereocenters. The van der Waals surface area contributed by atoms with E-state index in [4.69, 9.17) is 9.47 Å². The predicted molar refractivity (Wildman–Crippen MR) is 197 cm³/mol. The summed E-state index contributed by atoms with van der Waals surface area (Å²) in [5, 5.41) is 60.2. The third-order valence-electron chi connectivity index (χ3n) is 9.15. The molecule has 1 aliphatic heterocycles. The molecule has 4 rings (SSSR count). The Morgan fingerprint density at radius 3 is 1.65 bits per heavy atom. The minimum Gasteiger partial charge on any atom is -0.507 e. The highest BCUT2D eigenvalue weighted by molar-refractivity contribution is 5.44. The molecule has 3 aromatic rings. The third kappa shape index (κ3) is 12.9. The van der Waals surface area contributed by atoms with Crippen molar-refractivity contribution in [2.45, 2.75) is 71.7 Å². The normalized spacial score (nSPS) is 16.0. The highest BCUT2D eigenvalue weighted by atomic mass is 16.5. The molecule has 0 fully saturated rings. The summed E-state index contributed by atoms with van der Waals surface area (Å²) in [4.78, 5) is 7.04. The van der Waals surface area contributed by atoms with Crippen molar-refractivity contribution in [3.8, 4) is 11.5 Å². The van der Waals surface area contributed by atoms with Crippen LogP contribution in [0.1, 0.15) is 51.8 Å². The molecule has 0 radical (unpaired) electrons. The zero-order chi connectivity index (χ0) is 36.6. The number of phenolic OH excluding ortho intramolecular Hbond substituents is 2. The van der Waals surface area contributed by atoms with Gasteiger partial charge in [-0.1, -0.05) is 71.8 Å². The largest absolute Gasteiger partial charge is 0.507 e. The second-order valence-electron chi connectivity index (χ2n) is 13.5. The number of benzene rings is 3. The number of nitrogens with zero attached hydrogens (tertiary/aromatic N) is 3. The molecule has 1 heterocycles. The van der Waals surface area contributed by atoms with Gasteiger partial charge in [0.15, 0.2) is 0 Å². The Morgan fingerprint density at radius 2 is 1.10 bits per heavy atom. The van der Waals surface area contributed by atoms with Gasteiger partial charge in [0.25, 0.3) is 0 Å². The molecule has 0 saturated heterocycles. The number of hydrogen-bond donors (Lipinski definition) is 6. The van der Waals surface area contributed by atoms with E-state index in [0.29, 0.717) is 30.8 Å². The van der Waals surface area contributed by atoms with Crippen LogP contribution in [0.15, 0.2) is 66.9 Å². The van der Waals surface area contributed by atoms with Gasteiger partial charge in [-0.25, -0.2) is 0 Å². The second kappa shape index (κ2) is 21.1. The van der Waals surface area contributed by atoms with E-state index in [1.165, 1.54) is 5.56 Å². The molecule has 11 nitrogen and oxygen atoms in total. The van der Waals surface area contributed by atoms with Gasteiger partial charge in [0.1, 0.15) is 23.7 Å². The molecule has 0 aromatic heterocycles.